The van der Waals surface area contributed by atoms with Crippen LogP contribution in [0.1, 0.15) is 31.9 Å². The quantitative estimate of drug-likeness (QED) is 0.764. The zero-order chi connectivity index (χ0) is 12.7. The molecule has 1 unspecified atom stereocenters. The Kier molecular flexibility index (Phi) is 6.08. The van der Waals surface area contributed by atoms with Crippen LogP contribution in [0, 0.1) is 0 Å². The van der Waals surface area contributed by atoms with Crippen molar-refractivity contribution in [3.05, 3.63) is 29.8 Å². The first-order chi connectivity index (χ1) is 8.13. The van der Waals surface area contributed by atoms with E-state index < -0.39 is 0 Å². The number of carbonyl (C=O) groups excluding carboxylic acids is 1. The molecule has 4 heteroatoms. The Hall–Kier alpha value is -1.00. The number of hydrogen-bond donors (Lipinski definition) is 2. The minimum absolute atomic E-state index is 0.0573. The zero-order valence-electron chi connectivity index (χ0n) is 10.4. The van der Waals surface area contributed by atoms with Crippen LogP contribution >= 0.6 is 11.8 Å². The number of thioether (sulfide) groups is 1. The molecule has 3 nitrogen and oxygen atoms in total. The molecule has 1 rings (SSSR count). The third-order valence-electron chi connectivity index (χ3n) is 2.35. The van der Waals surface area contributed by atoms with Crippen molar-refractivity contribution in [3.8, 4) is 0 Å². The molecule has 0 aliphatic carbocycles. The first-order valence-corrected chi connectivity index (χ1v) is 6.87. The number of hydrogen-bond acceptors (Lipinski definition) is 3. The normalized spacial score (nSPS) is 12.2. The highest BCUT2D eigenvalue weighted by atomic mass is 32.2. The van der Waals surface area contributed by atoms with Crippen molar-refractivity contribution < 1.29 is 4.79 Å². The highest BCUT2D eigenvalue weighted by molar-refractivity contribution is 8.00. The lowest BCUT2D eigenvalue weighted by Crippen LogP contribution is -2.25. The van der Waals surface area contributed by atoms with Crippen LogP contribution in [0.15, 0.2) is 29.2 Å². The summed E-state index contributed by atoms with van der Waals surface area (Å²) in [5, 5.41) is 2.85. The van der Waals surface area contributed by atoms with Gasteiger partial charge >= 0.3 is 0 Å². The lowest BCUT2D eigenvalue weighted by molar-refractivity contribution is -0.118. The van der Waals surface area contributed by atoms with E-state index in [1.807, 2.05) is 38.1 Å². The lowest BCUT2D eigenvalue weighted by atomic mass is 10.1. The van der Waals surface area contributed by atoms with Gasteiger partial charge in [-0.3, -0.25) is 4.79 Å². The van der Waals surface area contributed by atoms with Crippen molar-refractivity contribution in [2.75, 3.05) is 12.3 Å². The van der Waals surface area contributed by atoms with Crippen LogP contribution in [0.25, 0.3) is 0 Å². The van der Waals surface area contributed by atoms with Gasteiger partial charge in [0.1, 0.15) is 0 Å². The predicted molar refractivity (Wildman–Crippen MR) is 73.1 cm³/mol. The molecule has 3 N–H and O–H groups in total. The summed E-state index contributed by atoms with van der Waals surface area (Å²) in [5.41, 5.74) is 6.89. The molecule has 1 atom stereocenters. The summed E-state index contributed by atoms with van der Waals surface area (Å²) in [6.07, 6.45) is 0.972. The monoisotopic (exact) mass is 252 g/mol. The average Bonchev–Trinajstić information content (AvgIpc) is 2.34. The molecule has 0 aromatic heterocycles. The number of nitrogens with two attached hydrogens (primary N) is 1. The number of amides is 1. The molecule has 0 aliphatic heterocycles. The highest BCUT2D eigenvalue weighted by Gasteiger charge is 2.03. The van der Waals surface area contributed by atoms with E-state index in [4.69, 9.17) is 5.73 Å². The SMILES string of the molecule is CCCNC(=O)CSc1ccc(C(C)N)cc1. The topological polar surface area (TPSA) is 55.1 Å². The molecule has 0 spiro atoms. The Morgan fingerprint density at radius 1 is 1.41 bits per heavy atom. The lowest BCUT2D eigenvalue weighted by Gasteiger charge is -2.07. The van der Waals surface area contributed by atoms with Gasteiger partial charge in [0.05, 0.1) is 5.75 Å². The first-order valence-electron chi connectivity index (χ1n) is 5.88. The fourth-order valence-corrected chi connectivity index (χ4v) is 2.06. The summed E-state index contributed by atoms with van der Waals surface area (Å²) in [7, 11) is 0. The maximum absolute atomic E-state index is 11.4. The van der Waals surface area contributed by atoms with E-state index >= 15 is 0 Å². The molecule has 94 valence electrons. The van der Waals surface area contributed by atoms with Gasteiger partial charge in [-0.2, -0.15) is 0 Å². The van der Waals surface area contributed by atoms with Gasteiger partial charge in [0, 0.05) is 17.5 Å². The molecule has 17 heavy (non-hydrogen) atoms. The number of carbonyl (C=O) groups is 1. The molecule has 0 radical (unpaired) electrons. The Morgan fingerprint density at radius 3 is 2.59 bits per heavy atom. The molecule has 0 heterocycles. The minimum atomic E-state index is 0.0573. The van der Waals surface area contributed by atoms with Crippen LogP contribution in [0.3, 0.4) is 0 Å². The van der Waals surface area contributed by atoms with Gasteiger partial charge in [-0.1, -0.05) is 19.1 Å². The van der Waals surface area contributed by atoms with Crippen molar-refractivity contribution in [3.63, 3.8) is 0 Å². The summed E-state index contributed by atoms with van der Waals surface area (Å²) < 4.78 is 0. The Bertz CT molecular complexity index is 349. The van der Waals surface area contributed by atoms with Crippen molar-refractivity contribution >= 4 is 17.7 Å². The molecule has 0 bridgehead atoms. The maximum atomic E-state index is 11.4. The van der Waals surface area contributed by atoms with Gasteiger partial charge in [0.2, 0.25) is 5.91 Å². The van der Waals surface area contributed by atoms with E-state index in [1.165, 1.54) is 0 Å². The summed E-state index contributed by atoms with van der Waals surface area (Å²) in [6, 6.07) is 8.10. The van der Waals surface area contributed by atoms with Gasteiger partial charge in [-0.25, -0.2) is 0 Å². The minimum Gasteiger partial charge on any atom is -0.355 e. The fourth-order valence-electron chi connectivity index (χ4n) is 1.33. The third kappa shape index (κ3) is 5.24. The maximum Gasteiger partial charge on any atom is 0.230 e. The molecular weight excluding hydrogens is 232 g/mol. The summed E-state index contributed by atoms with van der Waals surface area (Å²) in [4.78, 5) is 12.5. The summed E-state index contributed by atoms with van der Waals surface area (Å²) in [6.45, 7) is 4.75. The zero-order valence-corrected chi connectivity index (χ0v) is 11.2. The van der Waals surface area contributed by atoms with Gasteiger partial charge in [0.25, 0.3) is 0 Å². The van der Waals surface area contributed by atoms with Crippen LogP contribution in [0.5, 0.6) is 0 Å². The molecule has 1 aromatic rings. The highest BCUT2D eigenvalue weighted by Crippen LogP contribution is 2.19. The predicted octanol–water partition coefficient (Wildman–Crippen LogP) is 2.32. The third-order valence-corrected chi connectivity index (χ3v) is 3.36. The molecular formula is C13H20N2OS. The summed E-state index contributed by atoms with van der Waals surface area (Å²) >= 11 is 1.55. The van der Waals surface area contributed by atoms with E-state index in [0.717, 1.165) is 23.4 Å². The van der Waals surface area contributed by atoms with Crippen molar-refractivity contribution in [1.29, 1.82) is 0 Å². The van der Waals surface area contributed by atoms with Crippen LogP contribution < -0.4 is 11.1 Å². The van der Waals surface area contributed by atoms with Crippen molar-refractivity contribution in [2.45, 2.75) is 31.2 Å². The van der Waals surface area contributed by atoms with E-state index in [2.05, 4.69) is 5.32 Å². The first kappa shape index (κ1) is 14.1. The van der Waals surface area contributed by atoms with E-state index in [9.17, 15) is 4.79 Å². The smallest absolute Gasteiger partial charge is 0.230 e. The standard InChI is InChI=1S/C13H20N2OS/c1-3-8-15-13(16)9-17-12-6-4-11(5-7-12)10(2)14/h4-7,10H,3,8-9,14H2,1-2H3,(H,15,16). The molecule has 0 fully saturated rings. The molecule has 0 saturated heterocycles. The second-order valence-electron chi connectivity index (χ2n) is 4.00. The molecule has 1 aromatic carbocycles. The van der Waals surface area contributed by atoms with Gasteiger partial charge < -0.3 is 11.1 Å². The number of rotatable bonds is 6. The van der Waals surface area contributed by atoms with Gasteiger partial charge in [-0.15, -0.1) is 11.8 Å². The second-order valence-corrected chi connectivity index (χ2v) is 5.05. The van der Waals surface area contributed by atoms with Crippen LogP contribution in [-0.4, -0.2) is 18.2 Å². The Balaban J connectivity index is 2.39. The Labute approximate surface area is 107 Å². The van der Waals surface area contributed by atoms with Crippen LogP contribution in [-0.2, 0) is 4.79 Å². The Morgan fingerprint density at radius 2 is 2.06 bits per heavy atom. The van der Waals surface area contributed by atoms with E-state index in [1.54, 1.807) is 11.8 Å². The second kappa shape index (κ2) is 7.35. The van der Waals surface area contributed by atoms with Gasteiger partial charge in [0.15, 0.2) is 0 Å². The molecule has 0 saturated carbocycles. The van der Waals surface area contributed by atoms with Gasteiger partial charge in [-0.05, 0) is 31.0 Å². The number of nitrogens with one attached hydrogen (secondary N) is 1. The van der Waals surface area contributed by atoms with E-state index in [-0.39, 0.29) is 11.9 Å². The van der Waals surface area contributed by atoms with Crippen LogP contribution in [0.4, 0.5) is 0 Å². The van der Waals surface area contributed by atoms with Crippen LogP contribution in [0.2, 0.25) is 0 Å². The number of benzene rings is 1. The fraction of sp³-hybridized carbons (Fsp3) is 0.462. The molecule has 0 aliphatic rings. The largest absolute Gasteiger partial charge is 0.355 e. The average molecular weight is 252 g/mol. The molecule has 1 amide bonds. The summed E-state index contributed by atoms with van der Waals surface area (Å²) in [5.74, 6) is 0.561. The van der Waals surface area contributed by atoms with Crippen molar-refractivity contribution in [2.24, 2.45) is 5.73 Å². The van der Waals surface area contributed by atoms with Crippen molar-refractivity contribution in [1.82, 2.24) is 5.32 Å². The van der Waals surface area contributed by atoms with E-state index in [0.29, 0.717) is 5.75 Å².